The maximum Gasteiger partial charge on any atom is 0.00673 e. The Morgan fingerprint density at radius 3 is 2.44 bits per heavy atom. The van der Waals surface area contributed by atoms with E-state index < -0.39 is 0 Å². The van der Waals surface area contributed by atoms with Gasteiger partial charge in [-0.2, -0.15) is 0 Å². The lowest BCUT2D eigenvalue weighted by Gasteiger charge is -3.00. The van der Waals surface area contributed by atoms with Gasteiger partial charge in [0.15, 0.2) is 0 Å². The van der Waals surface area contributed by atoms with Gasteiger partial charge in [0.25, 0.3) is 0 Å². The molecule has 10 atom stereocenters. The number of nitrogens with one attached hydrogen (secondary N) is 1. The van der Waals surface area contributed by atoms with E-state index in [2.05, 4.69) is 11.4 Å². The van der Waals surface area contributed by atoms with Crippen molar-refractivity contribution in [2.24, 2.45) is 63.9 Å². The molecule has 0 heterocycles. The van der Waals surface area contributed by atoms with Crippen LogP contribution in [0.25, 0.3) is 0 Å². The van der Waals surface area contributed by atoms with Gasteiger partial charge in [0.1, 0.15) is 0 Å². The van der Waals surface area contributed by atoms with Gasteiger partial charge in [-0.25, -0.2) is 0 Å². The summed E-state index contributed by atoms with van der Waals surface area (Å²) < 4.78 is 0. The first kappa shape index (κ1) is 14.5. The molecule has 0 aliphatic heterocycles. The Morgan fingerprint density at radius 1 is 0.960 bits per heavy atom. The Balaban J connectivity index is 1.07. The second-order valence-corrected chi connectivity index (χ2v) is 11.1. The van der Waals surface area contributed by atoms with E-state index in [1.165, 1.54) is 62.3 Å². The van der Waals surface area contributed by atoms with E-state index in [-0.39, 0.29) is 0 Å². The highest BCUT2D eigenvalue weighted by Gasteiger charge is 3.00. The molecule has 0 radical (unpaired) electrons. The highest BCUT2D eigenvalue weighted by Crippen LogP contribution is 3.04. The molecule has 7 fully saturated rings. The first-order valence-corrected chi connectivity index (χ1v) is 11.4. The van der Waals surface area contributed by atoms with E-state index in [0.717, 1.165) is 34.6 Å². The molecule has 7 rings (SSSR count). The summed E-state index contributed by atoms with van der Waals surface area (Å²) in [6, 6.07) is 0.790. The normalized spacial score (nSPS) is 60.4. The summed E-state index contributed by atoms with van der Waals surface area (Å²) in [4.78, 5) is 0. The van der Waals surface area contributed by atoms with Crippen LogP contribution in [0.1, 0.15) is 57.8 Å². The van der Waals surface area contributed by atoms with Gasteiger partial charge in [-0.05, 0) is 109 Å². The maximum atomic E-state index is 5.83. The highest BCUT2D eigenvalue weighted by atomic mass is 15.0. The Labute approximate surface area is 152 Å². The molecule has 0 aromatic rings. The standard InChI is InChI=1S/C23H34N2/c24-6-5-13(12-25-17-3-1-2-4-17)7-14-8-15-9-19-18-10-16-11-20-21(14)23(15,19)22(16,18)20/h5-6,13-21,25H,1-4,7-12,24H2/b6-5-. The second kappa shape index (κ2) is 4.49. The van der Waals surface area contributed by atoms with Gasteiger partial charge in [-0.15, -0.1) is 0 Å². The molecule has 2 nitrogen and oxygen atoms in total. The summed E-state index contributed by atoms with van der Waals surface area (Å²) in [7, 11) is 0. The Morgan fingerprint density at radius 2 is 1.68 bits per heavy atom. The average molecular weight is 339 g/mol. The van der Waals surface area contributed by atoms with E-state index in [0.29, 0.717) is 5.92 Å². The summed E-state index contributed by atoms with van der Waals surface area (Å²) in [5, 5.41) is 3.88. The van der Waals surface area contributed by atoms with Crippen LogP contribution in [0.3, 0.4) is 0 Å². The summed E-state index contributed by atoms with van der Waals surface area (Å²) in [6.07, 6.45) is 17.7. The molecule has 0 aromatic heterocycles. The Kier molecular flexibility index (Phi) is 2.61. The predicted molar refractivity (Wildman–Crippen MR) is 99.5 cm³/mol. The number of hydrogen-bond acceptors (Lipinski definition) is 2. The molecule has 136 valence electrons. The van der Waals surface area contributed by atoms with Crippen LogP contribution in [0.2, 0.25) is 0 Å². The fourth-order valence-corrected chi connectivity index (χ4v) is 10.9. The van der Waals surface area contributed by atoms with Crippen LogP contribution < -0.4 is 11.1 Å². The number of rotatable bonds is 6. The van der Waals surface area contributed by atoms with Crippen LogP contribution in [0.4, 0.5) is 0 Å². The van der Waals surface area contributed by atoms with E-state index >= 15 is 0 Å². The maximum absolute atomic E-state index is 5.83. The molecule has 0 amide bonds. The third-order valence-electron chi connectivity index (χ3n) is 11.1. The summed E-state index contributed by atoms with van der Waals surface area (Å²) in [6.45, 7) is 1.17. The number of hydrogen-bond donors (Lipinski definition) is 2. The van der Waals surface area contributed by atoms with E-state index in [1.54, 1.807) is 25.7 Å². The molecule has 3 N–H and O–H groups in total. The van der Waals surface area contributed by atoms with Gasteiger partial charge in [-0.3, -0.25) is 0 Å². The molecule has 7 saturated carbocycles. The van der Waals surface area contributed by atoms with Crippen LogP contribution in [0.5, 0.6) is 0 Å². The van der Waals surface area contributed by atoms with Crippen molar-refractivity contribution in [2.75, 3.05) is 6.54 Å². The van der Waals surface area contributed by atoms with E-state index in [9.17, 15) is 0 Å². The first-order chi connectivity index (χ1) is 12.3. The first-order valence-electron chi connectivity index (χ1n) is 11.4. The van der Waals surface area contributed by atoms with Crippen molar-refractivity contribution in [1.82, 2.24) is 5.32 Å². The van der Waals surface area contributed by atoms with Crippen molar-refractivity contribution in [2.45, 2.75) is 63.8 Å². The fourth-order valence-electron chi connectivity index (χ4n) is 10.9. The zero-order valence-corrected chi connectivity index (χ0v) is 15.5. The molecule has 7 aliphatic carbocycles. The molecule has 0 saturated heterocycles. The van der Waals surface area contributed by atoms with Crippen LogP contribution in [-0.4, -0.2) is 12.6 Å². The van der Waals surface area contributed by atoms with Crippen molar-refractivity contribution < 1.29 is 0 Å². The second-order valence-electron chi connectivity index (χ2n) is 11.1. The average Bonchev–Trinajstić information content (AvgIpc) is 3.13. The molecule has 25 heavy (non-hydrogen) atoms. The number of nitrogens with two attached hydrogens (primary N) is 1. The third kappa shape index (κ3) is 1.30. The quantitative estimate of drug-likeness (QED) is 0.770. The van der Waals surface area contributed by atoms with E-state index in [4.69, 9.17) is 5.73 Å². The topological polar surface area (TPSA) is 38.0 Å². The Hall–Kier alpha value is -0.500. The third-order valence-corrected chi connectivity index (χ3v) is 11.1. The molecule has 7 aliphatic rings. The smallest absolute Gasteiger partial charge is 0.00673 e. The fraction of sp³-hybridized carbons (Fsp3) is 0.913. The lowest BCUT2D eigenvalue weighted by Crippen LogP contribution is -2.96. The SMILES string of the molecule is N/C=C\C(CNC1CCCC1)CC1CC2CC3C4CC5CC6C1C23C546. The van der Waals surface area contributed by atoms with Crippen LogP contribution in [0, 0.1) is 58.2 Å². The van der Waals surface area contributed by atoms with Gasteiger partial charge in [0, 0.05) is 12.6 Å². The summed E-state index contributed by atoms with van der Waals surface area (Å²) >= 11 is 0. The van der Waals surface area contributed by atoms with Crippen molar-refractivity contribution in [3.8, 4) is 0 Å². The zero-order chi connectivity index (χ0) is 16.4. The molecule has 0 bridgehead atoms. The number of fused-ring (bicyclic) bond motifs is 2. The predicted octanol–water partition coefficient (Wildman–Crippen LogP) is 3.93. The molecular formula is C23H34N2. The summed E-state index contributed by atoms with van der Waals surface area (Å²) in [5.41, 5.74) is 7.71. The van der Waals surface area contributed by atoms with Crippen LogP contribution >= 0.6 is 0 Å². The summed E-state index contributed by atoms with van der Waals surface area (Å²) in [5.74, 6) is 8.77. The molecule has 0 aromatic carbocycles. The molecule has 2 spiro atoms. The van der Waals surface area contributed by atoms with Crippen molar-refractivity contribution in [3.63, 3.8) is 0 Å². The van der Waals surface area contributed by atoms with Gasteiger partial charge in [0.2, 0.25) is 0 Å². The van der Waals surface area contributed by atoms with Gasteiger partial charge >= 0.3 is 0 Å². The van der Waals surface area contributed by atoms with Gasteiger partial charge in [0.05, 0.1) is 0 Å². The highest BCUT2D eigenvalue weighted by molar-refractivity contribution is 5.47. The van der Waals surface area contributed by atoms with Gasteiger partial charge < -0.3 is 11.1 Å². The van der Waals surface area contributed by atoms with E-state index in [1.807, 2.05) is 6.20 Å². The monoisotopic (exact) mass is 338 g/mol. The zero-order valence-electron chi connectivity index (χ0n) is 15.5. The van der Waals surface area contributed by atoms with Crippen LogP contribution in [-0.2, 0) is 0 Å². The minimum Gasteiger partial charge on any atom is -0.405 e. The minimum absolute atomic E-state index is 0.674. The largest absolute Gasteiger partial charge is 0.405 e. The van der Waals surface area contributed by atoms with Crippen molar-refractivity contribution in [1.29, 1.82) is 0 Å². The van der Waals surface area contributed by atoms with Crippen molar-refractivity contribution >= 4 is 0 Å². The van der Waals surface area contributed by atoms with Crippen LogP contribution in [0.15, 0.2) is 12.3 Å². The molecular weight excluding hydrogens is 304 g/mol. The minimum atomic E-state index is 0.674. The van der Waals surface area contributed by atoms with Gasteiger partial charge in [-0.1, -0.05) is 18.9 Å². The lowest BCUT2D eigenvalue weighted by molar-refractivity contribution is -0.535. The molecule has 2 heteroatoms. The molecule has 10 unspecified atom stereocenters. The van der Waals surface area contributed by atoms with Crippen molar-refractivity contribution in [3.05, 3.63) is 12.3 Å². The lowest BCUT2D eigenvalue weighted by atomic mass is 9.03. The Bertz CT molecular complexity index is 636.